The van der Waals surface area contributed by atoms with Crippen molar-refractivity contribution in [2.24, 2.45) is 11.8 Å². The normalized spacial score (nSPS) is 13.2. The van der Waals surface area contributed by atoms with Crippen LogP contribution in [0.15, 0.2) is 0 Å². The molecule has 1 unspecified atom stereocenters. The van der Waals surface area contributed by atoms with Crippen LogP contribution in [0.4, 0.5) is 0 Å². The predicted molar refractivity (Wildman–Crippen MR) is 47.3 cm³/mol. The van der Waals surface area contributed by atoms with Crippen LogP contribution in [0.3, 0.4) is 0 Å². The van der Waals surface area contributed by atoms with Gasteiger partial charge in [-0.2, -0.15) is 0 Å². The smallest absolute Gasteiger partial charge is 0.220 e. The van der Waals surface area contributed by atoms with Gasteiger partial charge in [-0.1, -0.05) is 20.8 Å². The number of carbonyl (C=O) groups is 1. The van der Waals surface area contributed by atoms with Crippen LogP contribution in [0.5, 0.6) is 0 Å². The Morgan fingerprint density at radius 3 is 2.27 bits per heavy atom. The first-order chi connectivity index (χ1) is 5.06. The number of carbonyl (C=O) groups excluding carboxylic acids is 1. The Labute approximate surface area is 69.4 Å². The monoisotopic (exact) mass is 157 g/mol. The van der Waals surface area contributed by atoms with Gasteiger partial charge in [-0.05, 0) is 18.3 Å². The summed E-state index contributed by atoms with van der Waals surface area (Å²) in [7, 11) is 1.68. The lowest BCUT2D eigenvalue weighted by Crippen LogP contribution is -2.20. The number of rotatable bonds is 4. The van der Waals surface area contributed by atoms with Crippen molar-refractivity contribution >= 4 is 5.91 Å². The maximum Gasteiger partial charge on any atom is 0.220 e. The van der Waals surface area contributed by atoms with Crippen molar-refractivity contribution in [1.82, 2.24) is 5.32 Å². The third-order valence-corrected chi connectivity index (χ3v) is 1.69. The third-order valence-electron chi connectivity index (χ3n) is 1.69. The zero-order valence-corrected chi connectivity index (χ0v) is 7.98. The van der Waals surface area contributed by atoms with Gasteiger partial charge in [0.15, 0.2) is 0 Å². The number of amides is 1. The van der Waals surface area contributed by atoms with Gasteiger partial charge in [-0.25, -0.2) is 0 Å². The fraction of sp³-hybridized carbons (Fsp3) is 0.889. The van der Waals surface area contributed by atoms with Crippen LogP contribution in [0.25, 0.3) is 0 Å². The summed E-state index contributed by atoms with van der Waals surface area (Å²) >= 11 is 0. The van der Waals surface area contributed by atoms with E-state index >= 15 is 0 Å². The minimum absolute atomic E-state index is 0.151. The van der Waals surface area contributed by atoms with E-state index in [2.05, 4.69) is 26.1 Å². The Morgan fingerprint density at radius 1 is 1.36 bits per heavy atom. The molecule has 0 rings (SSSR count). The van der Waals surface area contributed by atoms with Crippen molar-refractivity contribution in [1.29, 1.82) is 0 Å². The van der Waals surface area contributed by atoms with Gasteiger partial charge in [-0.15, -0.1) is 0 Å². The molecule has 11 heavy (non-hydrogen) atoms. The Balaban J connectivity index is 3.51. The second-order valence-electron chi connectivity index (χ2n) is 3.61. The van der Waals surface area contributed by atoms with Crippen molar-refractivity contribution in [3.63, 3.8) is 0 Å². The van der Waals surface area contributed by atoms with Crippen LogP contribution >= 0.6 is 0 Å². The summed E-state index contributed by atoms with van der Waals surface area (Å²) in [6.07, 6.45) is 1.79. The summed E-state index contributed by atoms with van der Waals surface area (Å²) in [4.78, 5) is 10.9. The van der Waals surface area contributed by atoms with Crippen molar-refractivity contribution in [2.75, 3.05) is 7.05 Å². The second-order valence-corrected chi connectivity index (χ2v) is 3.61. The fourth-order valence-corrected chi connectivity index (χ4v) is 1.31. The number of hydrogen-bond donors (Lipinski definition) is 1. The van der Waals surface area contributed by atoms with E-state index in [0.29, 0.717) is 18.3 Å². The Kier molecular flexibility index (Phi) is 4.92. The Morgan fingerprint density at radius 2 is 1.91 bits per heavy atom. The lowest BCUT2D eigenvalue weighted by atomic mass is 9.96. The highest BCUT2D eigenvalue weighted by molar-refractivity contribution is 5.75. The molecule has 0 heterocycles. The second kappa shape index (κ2) is 5.16. The summed E-state index contributed by atoms with van der Waals surface area (Å²) in [6, 6.07) is 0. The van der Waals surface area contributed by atoms with Crippen LogP contribution in [0, 0.1) is 11.8 Å². The topological polar surface area (TPSA) is 29.1 Å². The molecule has 0 aliphatic heterocycles. The first kappa shape index (κ1) is 10.5. The molecule has 1 atom stereocenters. The first-order valence-corrected chi connectivity index (χ1v) is 4.26. The minimum Gasteiger partial charge on any atom is -0.359 e. The van der Waals surface area contributed by atoms with Crippen LogP contribution in [0.2, 0.25) is 0 Å². The predicted octanol–water partition coefficient (Wildman–Crippen LogP) is 1.80. The van der Waals surface area contributed by atoms with E-state index in [9.17, 15) is 4.79 Å². The zero-order chi connectivity index (χ0) is 8.85. The van der Waals surface area contributed by atoms with E-state index in [1.807, 2.05) is 0 Å². The molecule has 2 nitrogen and oxygen atoms in total. The maximum absolute atomic E-state index is 10.9. The van der Waals surface area contributed by atoms with Crippen molar-refractivity contribution in [3.8, 4) is 0 Å². The molecule has 0 spiro atoms. The van der Waals surface area contributed by atoms with Gasteiger partial charge in [0.2, 0.25) is 5.91 Å². The fourth-order valence-electron chi connectivity index (χ4n) is 1.31. The van der Waals surface area contributed by atoms with Gasteiger partial charge in [0.05, 0.1) is 0 Å². The lowest BCUT2D eigenvalue weighted by Gasteiger charge is -2.12. The molecule has 0 radical (unpaired) electrons. The molecule has 0 aliphatic rings. The van der Waals surface area contributed by atoms with Gasteiger partial charge >= 0.3 is 0 Å². The molecule has 66 valence electrons. The maximum atomic E-state index is 10.9. The average molecular weight is 157 g/mol. The van der Waals surface area contributed by atoms with Crippen molar-refractivity contribution < 1.29 is 4.79 Å². The van der Waals surface area contributed by atoms with Crippen LogP contribution in [-0.4, -0.2) is 13.0 Å². The summed E-state index contributed by atoms with van der Waals surface area (Å²) in [6.45, 7) is 6.48. The largest absolute Gasteiger partial charge is 0.359 e. The number of nitrogens with one attached hydrogen (secondary N) is 1. The lowest BCUT2D eigenvalue weighted by molar-refractivity contribution is -0.121. The van der Waals surface area contributed by atoms with Gasteiger partial charge in [-0.3, -0.25) is 4.79 Å². The standard InChI is InChI=1S/C9H19NO/c1-7(2)5-8(3)6-9(11)10-4/h7-8H,5-6H2,1-4H3,(H,10,11). The molecule has 1 N–H and O–H groups in total. The van der Waals surface area contributed by atoms with Gasteiger partial charge in [0.1, 0.15) is 0 Å². The molecule has 0 aromatic carbocycles. The summed E-state index contributed by atoms with van der Waals surface area (Å²) in [5.41, 5.74) is 0. The SMILES string of the molecule is CNC(=O)CC(C)CC(C)C. The molecule has 1 amide bonds. The van der Waals surface area contributed by atoms with E-state index < -0.39 is 0 Å². The average Bonchev–Trinajstić information content (AvgIpc) is 1.85. The molecule has 0 aliphatic carbocycles. The highest BCUT2D eigenvalue weighted by Gasteiger charge is 2.08. The Bertz CT molecular complexity index is 121. The molecule has 0 saturated carbocycles. The highest BCUT2D eigenvalue weighted by atomic mass is 16.1. The zero-order valence-electron chi connectivity index (χ0n) is 7.98. The Hall–Kier alpha value is -0.530. The number of hydrogen-bond acceptors (Lipinski definition) is 1. The van der Waals surface area contributed by atoms with E-state index in [-0.39, 0.29) is 5.91 Å². The minimum atomic E-state index is 0.151. The molecule has 0 aromatic rings. The van der Waals surface area contributed by atoms with Gasteiger partial charge in [0, 0.05) is 13.5 Å². The van der Waals surface area contributed by atoms with Crippen molar-refractivity contribution in [2.45, 2.75) is 33.6 Å². The summed E-state index contributed by atoms with van der Waals surface area (Å²) in [5.74, 6) is 1.35. The van der Waals surface area contributed by atoms with E-state index in [1.54, 1.807) is 7.05 Å². The van der Waals surface area contributed by atoms with Crippen LogP contribution in [-0.2, 0) is 4.79 Å². The third kappa shape index (κ3) is 5.89. The van der Waals surface area contributed by atoms with E-state index in [4.69, 9.17) is 0 Å². The molecule has 0 bridgehead atoms. The van der Waals surface area contributed by atoms with Crippen molar-refractivity contribution in [3.05, 3.63) is 0 Å². The van der Waals surface area contributed by atoms with Gasteiger partial charge in [0.25, 0.3) is 0 Å². The molecule has 0 fully saturated rings. The summed E-state index contributed by atoms with van der Waals surface area (Å²) in [5, 5.41) is 2.63. The molecule has 2 heteroatoms. The van der Waals surface area contributed by atoms with Crippen LogP contribution < -0.4 is 5.32 Å². The summed E-state index contributed by atoms with van der Waals surface area (Å²) < 4.78 is 0. The van der Waals surface area contributed by atoms with Gasteiger partial charge < -0.3 is 5.32 Å². The molecular formula is C9H19NO. The quantitative estimate of drug-likeness (QED) is 0.662. The highest BCUT2D eigenvalue weighted by Crippen LogP contribution is 2.13. The molecule has 0 saturated heterocycles. The van der Waals surface area contributed by atoms with E-state index in [0.717, 1.165) is 6.42 Å². The first-order valence-electron chi connectivity index (χ1n) is 4.26. The molecule has 0 aromatic heterocycles. The van der Waals surface area contributed by atoms with E-state index in [1.165, 1.54) is 0 Å². The van der Waals surface area contributed by atoms with Crippen LogP contribution in [0.1, 0.15) is 33.6 Å². The molecular weight excluding hydrogens is 138 g/mol.